The Hall–Kier alpha value is -1.82. The van der Waals surface area contributed by atoms with Gasteiger partial charge in [-0.15, -0.1) is 0 Å². The Labute approximate surface area is 162 Å². The number of benzene rings is 1. The van der Waals surface area contributed by atoms with Gasteiger partial charge < -0.3 is 14.6 Å². The Bertz CT molecular complexity index is 935. The number of nitrogens with one attached hydrogen (secondary N) is 1. The van der Waals surface area contributed by atoms with Crippen molar-refractivity contribution in [3.63, 3.8) is 0 Å². The number of piperidine rings is 1. The molecule has 0 atom stereocenters. The van der Waals surface area contributed by atoms with E-state index < -0.39 is 0 Å². The molecule has 0 unspecified atom stereocenters. The third-order valence-electron chi connectivity index (χ3n) is 4.71. The maximum absolute atomic E-state index is 6.40. The fourth-order valence-electron chi connectivity index (χ4n) is 3.35. The molecule has 3 heterocycles. The molecule has 5 nitrogen and oxygen atoms in total. The van der Waals surface area contributed by atoms with E-state index in [1.165, 1.54) is 0 Å². The van der Waals surface area contributed by atoms with Gasteiger partial charge in [-0.25, -0.2) is 9.97 Å². The minimum atomic E-state index is 0.196. The molecule has 4 rings (SSSR count). The summed E-state index contributed by atoms with van der Waals surface area (Å²) in [6.45, 7) is 4.84. The van der Waals surface area contributed by atoms with Crippen molar-refractivity contribution in [1.82, 2.24) is 19.9 Å². The van der Waals surface area contributed by atoms with Gasteiger partial charge in [-0.3, -0.25) is 0 Å². The molecule has 0 bridgehead atoms. The molecule has 0 amide bonds. The topological polar surface area (TPSA) is 52.0 Å². The average molecular weight is 391 g/mol. The van der Waals surface area contributed by atoms with Crippen LogP contribution in [0.1, 0.15) is 19.8 Å². The molecule has 26 heavy (non-hydrogen) atoms. The second-order valence-corrected chi connectivity index (χ2v) is 7.23. The van der Waals surface area contributed by atoms with E-state index in [9.17, 15) is 0 Å². The van der Waals surface area contributed by atoms with Gasteiger partial charge in [0.15, 0.2) is 5.75 Å². The summed E-state index contributed by atoms with van der Waals surface area (Å²) >= 11 is 12.6. The minimum absolute atomic E-state index is 0.196. The number of rotatable bonds is 4. The molecule has 2 aromatic heterocycles. The van der Waals surface area contributed by atoms with Crippen LogP contribution in [0.5, 0.6) is 5.75 Å². The van der Waals surface area contributed by atoms with E-state index in [4.69, 9.17) is 27.9 Å². The summed E-state index contributed by atoms with van der Waals surface area (Å²) in [5, 5.41) is 4.57. The van der Waals surface area contributed by atoms with Gasteiger partial charge in [-0.2, -0.15) is 0 Å². The molecule has 1 fully saturated rings. The normalized spacial score (nSPS) is 15.5. The Morgan fingerprint density at radius 2 is 2.04 bits per heavy atom. The SMILES string of the molecule is CCn1cnc2c(-c3cc(Cl)ccc3Cl)ncc(OC3CCNCC3)c21. The lowest BCUT2D eigenvalue weighted by Crippen LogP contribution is -2.34. The Morgan fingerprint density at radius 1 is 1.23 bits per heavy atom. The van der Waals surface area contributed by atoms with E-state index in [1.807, 2.05) is 12.4 Å². The number of imidazole rings is 1. The highest BCUT2D eigenvalue weighted by Crippen LogP contribution is 2.36. The average Bonchev–Trinajstić information content (AvgIpc) is 3.10. The first kappa shape index (κ1) is 17.6. The molecule has 3 aromatic rings. The minimum Gasteiger partial charge on any atom is -0.486 e. The van der Waals surface area contributed by atoms with Crippen molar-refractivity contribution in [2.24, 2.45) is 0 Å². The summed E-state index contributed by atoms with van der Waals surface area (Å²) in [4.78, 5) is 9.23. The van der Waals surface area contributed by atoms with Crippen molar-refractivity contribution >= 4 is 34.2 Å². The Balaban J connectivity index is 1.83. The molecule has 1 saturated heterocycles. The molecule has 1 aromatic carbocycles. The van der Waals surface area contributed by atoms with Gasteiger partial charge in [0.2, 0.25) is 0 Å². The molecule has 1 aliphatic rings. The second kappa shape index (κ2) is 7.43. The highest BCUT2D eigenvalue weighted by molar-refractivity contribution is 6.35. The zero-order chi connectivity index (χ0) is 18.1. The quantitative estimate of drug-likeness (QED) is 0.709. The van der Waals surface area contributed by atoms with E-state index in [2.05, 4.69) is 26.8 Å². The second-order valence-electron chi connectivity index (χ2n) is 6.39. The standard InChI is InChI=1S/C19H20Cl2N4O/c1-2-25-11-24-18-17(14-9-12(20)3-4-15(14)21)23-10-16(19(18)25)26-13-5-7-22-8-6-13/h3-4,9-11,13,22H,2,5-8H2,1H3. The molecule has 0 spiro atoms. The van der Waals surface area contributed by atoms with Gasteiger partial charge in [-0.1, -0.05) is 23.2 Å². The molecule has 1 aliphatic heterocycles. The maximum Gasteiger partial charge on any atom is 0.163 e. The van der Waals surface area contributed by atoms with Crippen molar-refractivity contribution in [3.8, 4) is 17.0 Å². The molecule has 0 aliphatic carbocycles. The van der Waals surface area contributed by atoms with Crippen LogP contribution in [0, 0.1) is 0 Å². The zero-order valence-electron chi connectivity index (χ0n) is 14.5. The highest BCUT2D eigenvalue weighted by Gasteiger charge is 2.21. The molecule has 0 radical (unpaired) electrons. The fraction of sp³-hybridized carbons (Fsp3) is 0.368. The lowest BCUT2D eigenvalue weighted by atomic mass is 10.1. The van der Waals surface area contributed by atoms with Gasteiger partial charge in [0, 0.05) is 17.1 Å². The van der Waals surface area contributed by atoms with Crippen molar-refractivity contribution in [2.45, 2.75) is 32.4 Å². The van der Waals surface area contributed by atoms with Crippen molar-refractivity contribution in [2.75, 3.05) is 13.1 Å². The fourth-order valence-corrected chi connectivity index (χ4v) is 3.73. The van der Waals surface area contributed by atoms with Crippen LogP contribution in [0.25, 0.3) is 22.3 Å². The monoisotopic (exact) mass is 390 g/mol. The molecule has 1 N–H and O–H groups in total. The maximum atomic E-state index is 6.40. The Kier molecular flexibility index (Phi) is 5.02. The number of aromatic nitrogens is 3. The summed E-state index contributed by atoms with van der Waals surface area (Å²) in [6.07, 6.45) is 5.78. The van der Waals surface area contributed by atoms with Gasteiger partial charge in [-0.05, 0) is 51.1 Å². The summed E-state index contributed by atoms with van der Waals surface area (Å²) in [6, 6.07) is 5.37. The first-order chi connectivity index (χ1) is 12.7. The van der Waals surface area contributed by atoms with Crippen molar-refractivity contribution in [1.29, 1.82) is 0 Å². The summed E-state index contributed by atoms with van der Waals surface area (Å²) in [5.74, 6) is 0.771. The number of fused-ring (bicyclic) bond motifs is 1. The summed E-state index contributed by atoms with van der Waals surface area (Å²) < 4.78 is 8.37. The van der Waals surface area contributed by atoms with Crippen LogP contribution in [0.2, 0.25) is 10.0 Å². The number of nitrogens with zero attached hydrogens (tertiary/aromatic N) is 3. The third kappa shape index (κ3) is 3.27. The molecular formula is C19H20Cl2N4O. The van der Waals surface area contributed by atoms with Crippen molar-refractivity contribution < 1.29 is 4.74 Å². The molecule has 0 saturated carbocycles. The van der Waals surface area contributed by atoms with E-state index >= 15 is 0 Å². The van der Waals surface area contributed by atoms with Gasteiger partial charge in [0.05, 0.1) is 23.2 Å². The summed E-state index contributed by atoms with van der Waals surface area (Å²) in [7, 11) is 0. The molecular weight excluding hydrogens is 371 g/mol. The highest BCUT2D eigenvalue weighted by atomic mass is 35.5. The smallest absolute Gasteiger partial charge is 0.163 e. The number of ether oxygens (including phenoxy) is 1. The number of hydrogen-bond acceptors (Lipinski definition) is 4. The lowest BCUT2D eigenvalue weighted by Gasteiger charge is -2.24. The Morgan fingerprint density at radius 3 is 2.81 bits per heavy atom. The lowest BCUT2D eigenvalue weighted by molar-refractivity contribution is 0.163. The predicted octanol–water partition coefficient (Wildman–Crippen LogP) is 4.56. The number of hydrogen-bond donors (Lipinski definition) is 1. The van der Waals surface area contributed by atoms with Crippen LogP contribution < -0.4 is 10.1 Å². The summed E-state index contributed by atoms with van der Waals surface area (Å²) in [5.41, 5.74) is 3.23. The first-order valence-electron chi connectivity index (χ1n) is 8.84. The molecule has 7 heteroatoms. The van der Waals surface area contributed by atoms with Crippen LogP contribution in [0.15, 0.2) is 30.7 Å². The third-order valence-corrected chi connectivity index (χ3v) is 5.28. The van der Waals surface area contributed by atoms with Crippen LogP contribution in [0.3, 0.4) is 0 Å². The number of pyridine rings is 1. The van der Waals surface area contributed by atoms with Crippen LogP contribution in [-0.2, 0) is 6.54 Å². The van der Waals surface area contributed by atoms with E-state index in [1.54, 1.807) is 18.3 Å². The number of aryl methyl sites for hydroxylation is 1. The molecule has 136 valence electrons. The van der Waals surface area contributed by atoms with Crippen LogP contribution in [-0.4, -0.2) is 33.7 Å². The van der Waals surface area contributed by atoms with Gasteiger partial charge in [0.1, 0.15) is 17.1 Å². The van der Waals surface area contributed by atoms with E-state index in [-0.39, 0.29) is 6.10 Å². The predicted molar refractivity (Wildman–Crippen MR) is 105 cm³/mol. The first-order valence-corrected chi connectivity index (χ1v) is 9.59. The van der Waals surface area contributed by atoms with Crippen LogP contribution in [0.4, 0.5) is 0 Å². The largest absolute Gasteiger partial charge is 0.486 e. The van der Waals surface area contributed by atoms with E-state index in [0.717, 1.165) is 60.5 Å². The van der Waals surface area contributed by atoms with Crippen LogP contribution >= 0.6 is 23.2 Å². The van der Waals surface area contributed by atoms with E-state index in [0.29, 0.717) is 10.0 Å². The van der Waals surface area contributed by atoms with Crippen molar-refractivity contribution in [3.05, 3.63) is 40.8 Å². The van der Waals surface area contributed by atoms with Gasteiger partial charge >= 0.3 is 0 Å². The number of halogens is 2. The van der Waals surface area contributed by atoms with Gasteiger partial charge in [0.25, 0.3) is 0 Å². The zero-order valence-corrected chi connectivity index (χ0v) is 16.0.